The lowest BCUT2D eigenvalue weighted by Gasteiger charge is -2.14. The van der Waals surface area contributed by atoms with Crippen LogP contribution in [0.4, 0.5) is 0 Å². The van der Waals surface area contributed by atoms with E-state index in [0.717, 1.165) is 6.42 Å². The van der Waals surface area contributed by atoms with E-state index in [1.54, 1.807) is 0 Å². The maximum Gasteiger partial charge on any atom is 0.309 e. The molecule has 0 spiro atoms. The van der Waals surface area contributed by atoms with Crippen molar-refractivity contribution in [2.24, 2.45) is 17.8 Å². The highest BCUT2D eigenvalue weighted by Gasteiger charge is 2.40. The summed E-state index contributed by atoms with van der Waals surface area (Å²) in [4.78, 5) is 11.1. The van der Waals surface area contributed by atoms with Crippen LogP contribution in [0.25, 0.3) is 0 Å². The summed E-state index contributed by atoms with van der Waals surface area (Å²) in [6.45, 7) is 0. The average Bonchev–Trinajstić information content (AvgIpc) is 2.62. The third-order valence-electron chi connectivity index (χ3n) is 2.78. The van der Waals surface area contributed by atoms with Crippen LogP contribution in [-0.2, 0) is 9.53 Å². The Hall–Kier alpha value is -0.790. The second kappa shape index (κ2) is 2.36. The zero-order valence-corrected chi connectivity index (χ0v) is 6.62. The number of carbonyl (C=O) groups is 1. The van der Waals surface area contributed by atoms with Gasteiger partial charge in [-0.1, -0.05) is 12.2 Å². The predicted molar refractivity (Wildman–Crippen MR) is 40.9 cm³/mol. The van der Waals surface area contributed by atoms with Crippen molar-refractivity contribution in [2.75, 3.05) is 7.11 Å². The molecule has 0 amide bonds. The van der Waals surface area contributed by atoms with E-state index in [-0.39, 0.29) is 11.9 Å². The molecule has 1 saturated carbocycles. The quantitative estimate of drug-likeness (QED) is 0.419. The molecule has 2 aliphatic carbocycles. The molecular formula is C9H12O2. The molecule has 0 N–H and O–H groups in total. The molecular weight excluding hydrogens is 140 g/mol. The average molecular weight is 152 g/mol. The summed E-state index contributed by atoms with van der Waals surface area (Å²) in [5.41, 5.74) is 0. The number of rotatable bonds is 1. The van der Waals surface area contributed by atoms with E-state index < -0.39 is 0 Å². The lowest BCUT2D eigenvalue weighted by atomic mass is 9.94. The minimum atomic E-state index is -0.0261. The first-order valence-electron chi connectivity index (χ1n) is 4.07. The van der Waals surface area contributed by atoms with Crippen molar-refractivity contribution in [3.63, 3.8) is 0 Å². The third kappa shape index (κ3) is 0.971. The maximum absolute atomic E-state index is 11.1. The highest BCUT2D eigenvalue weighted by atomic mass is 16.5. The van der Waals surface area contributed by atoms with Gasteiger partial charge in [0, 0.05) is 0 Å². The molecule has 3 atom stereocenters. The van der Waals surface area contributed by atoms with Gasteiger partial charge in [-0.15, -0.1) is 0 Å². The number of allylic oxidation sites excluding steroid dienone is 2. The normalized spacial score (nSPS) is 39.5. The summed E-state index contributed by atoms with van der Waals surface area (Å²) in [7, 11) is 1.47. The second-order valence-corrected chi connectivity index (χ2v) is 3.41. The van der Waals surface area contributed by atoms with Crippen LogP contribution in [0.3, 0.4) is 0 Å². The Labute approximate surface area is 66.2 Å². The van der Waals surface area contributed by atoms with Gasteiger partial charge in [0.2, 0.25) is 0 Å². The summed E-state index contributed by atoms with van der Waals surface area (Å²) in [6.07, 6.45) is 6.56. The van der Waals surface area contributed by atoms with Crippen molar-refractivity contribution in [3.05, 3.63) is 12.2 Å². The van der Waals surface area contributed by atoms with Crippen LogP contribution in [0.1, 0.15) is 12.8 Å². The van der Waals surface area contributed by atoms with Crippen molar-refractivity contribution < 1.29 is 9.53 Å². The summed E-state index contributed by atoms with van der Waals surface area (Å²) in [5, 5.41) is 0. The van der Waals surface area contributed by atoms with E-state index in [4.69, 9.17) is 4.74 Å². The second-order valence-electron chi connectivity index (χ2n) is 3.41. The smallest absolute Gasteiger partial charge is 0.309 e. The minimum Gasteiger partial charge on any atom is -0.469 e. The van der Waals surface area contributed by atoms with E-state index in [2.05, 4.69) is 12.2 Å². The van der Waals surface area contributed by atoms with Gasteiger partial charge in [-0.25, -0.2) is 0 Å². The van der Waals surface area contributed by atoms with E-state index in [0.29, 0.717) is 11.8 Å². The van der Waals surface area contributed by atoms with Crippen LogP contribution in [0.2, 0.25) is 0 Å². The van der Waals surface area contributed by atoms with E-state index >= 15 is 0 Å². The van der Waals surface area contributed by atoms with E-state index in [1.807, 2.05) is 0 Å². The summed E-state index contributed by atoms with van der Waals surface area (Å²) in [5.74, 6) is 1.27. The highest BCUT2D eigenvalue weighted by molar-refractivity contribution is 5.73. The molecule has 0 heterocycles. The fraction of sp³-hybridized carbons (Fsp3) is 0.667. The van der Waals surface area contributed by atoms with E-state index in [1.165, 1.54) is 13.5 Å². The van der Waals surface area contributed by atoms with Crippen LogP contribution in [0.15, 0.2) is 12.2 Å². The van der Waals surface area contributed by atoms with Crippen molar-refractivity contribution >= 4 is 5.97 Å². The lowest BCUT2D eigenvalue weighted by molar-refractivity contribution is -0.146. The van der Waals surface area contributed by atoms with Gasteiger partial charge in [-0.3, -0.25) is 4.79 Å². The Morgan fingerprint density at radius 3 is 2.73 bits per heavy atom. The Morgan fingerprint density at radius 1 is 1.45 bits per heavy atom. The van der Waals surface area contributed by atoms with Gasteiger partial charge in [0.1, 0.15) is 0 Å². The third-order valence-corrected chi connectivity index (χ3v) is 2.78. The number of hydrogen-bond acceptors (Lipinski definition) is 2. The minimum absolute atomic E-state index is 0.0261. The number of methoxy groups -OCH3 is 1. The van der Waals surface area contributed by atoms with Gasteiger partial charge in [0.25, 0.3) is 0 Å². The van der Waals surface area contributed by atoms with Crippen molar-refractivity contribution in [1.82, 2.24) is 0 Å². The number of hydrogen-bond donors (Lipinski definition) is 0. The Morgan fingerprint density at radius 2 is 2.27 bits per heavy atom. The largest absolute Gasteiger partial charge is 0.469 e. The zero-order valence-electron chi connectivity index (χ0n) is 6.62. The van der Waals surface area contributed by atoms with Gasteiger partial charge in [0.05, 0.1) is 13.0 Å². The molecule has 0 aromatic heterocycles. The number of fused-ring (bicyclic) bond motifs is 2. The van der Waals surface area contributed by atoms with Gasteiger partial charge < -0.3 is 4.74 Å². The van der Waals surface area contributed by atoms with Gasteiger partial charge in [-0.2, -0.15) is 0 Å². The number of carbonyl (C=O) groups excluding carboxylic acids is 1. The molecule has 1 unspecified atom stereocenters. The molecule has 0 radical (unpaired) electrons. The molecule has 0 aromatic carbocycles. The molecule has 2 bridgehead atoms. The molecule has 2 heteroatoms. The summed E-state index contributed by atoms with van der Waals surface area (Å²) in [6, 6.07) is 0. The standard InChI is InChI=1S/C9H12O2/c1-11-9(10)8-5-6-2-3-7(8)4-6/h2-3,6-8H,4-5H2,1H3/t6-,7+,8?/m0/s1. The first kappa shape index (κ1) is 6.89. The maximum atomic E-state index is 11.1. The fourth-order valence-corrected chi connectivity index (χ4v) is 2.20. The Kier molecular flexibility index (Phi) is 1.48. The fourth-order valence-electron chi connectivity index (χ4n) is 2.20. The van der Waals surface area contributed by atoms with Gasteiger partial charge in [0.15, 0.2) is 0 Å². The number of esters is 1. The predicted octanol–water partition coefficient (Wildman–Crippen LogP) is 1.37. The first-order valence-corrected chi connectivity index (χ1v) is 4.07. The molecule has 0 aliphatic heterocycles. The summed E-state index contributed by atoms with van der Waals surface area (Å²) < 4.78 is 4.71. The van der Waals surface area contributed by atoms with Crippen LogP contribution >= 0.6 is 0 Å². The molecule has 2 nitrogen and oxygen atoms in total. The molecule has 0 saturated heterocycles. The molecule has 60 valence electrons. The van der Waals surface area contributed by atoms with Gasteiger partial charge in [-0.05, 0) is 24.7 Å². The summed E-state index contributed by atoms with van der Waals surface area (Å²) >= 11 is 0. The van der Waals surface area contributed by atoms with Crippen molar-refractivity contribution in [2.45, 2.75) is 12.8 Å². The molecule has 2 aliphatic rings. The van der Waals surface area contributed by atoms with Crippen LogP contribution in [0.5, 0.6) is 0 Å². The monoisotopic (exact) mass is 152 g/mol. The van der Waals surface area contributed by atoms with E-state index in [9.17, 15) is 4.79 Å². The van der Waals surface area contributed by atoms with Gasteiger partial charge >= 0.3 is 5.97 Å². The molecule has 2 rings (SSSR count). The molecule has 0 aromatic rings. The van der Waals surface area contributed by atoms with Crippen LogP contribution in [0, 0.1) is 17.8 Å². The topological polar surface area (TPSA) is 26.3 Å². The highest BCUT2D eigenvalue weighted by Crippen LogP contribution is 2.43. The van der Waals surface area contributed by atoms with Crippen molar-refractivity contribution in [3.8, 4) is 0 Å². The van der Waals surface area contributed by atoms with Crippen molar-refractivity contribution in [1.29, 1.82) is 0 Å². The Bertz CT molecular complexity index is 208. The zero-order chi connectivity index (χ0) is 7.84. The Balaban J connectivity index is 2.08. The van der Waals surface area contributed by atoms with Crippen LogP contribution in [-0.4, -0.2) is 13.1 Å². The van der Waals surface area contributed by atoms with Crippen LogP contribution < -0.4 is 0 Å². The molecule has 11 heavy (non-hydrogen) atoms. The molecule has 1 fully saturated rings. The first-order chi connectivity index (χ1) is 5.31. The SMILES string of the molecule is COC(=O)C1C[C@H]2C=C[C@@H]1C2. The lowest BCUT2D eigenvalue weighted by Crippen LogP contribution is -2.19. The number of ether oxygens (including phenoxy) is 1.